The van der Waals surface area contributed by atoms with Crippen LogP contribution in [0.15, 0.2) is 42.6 Å². The van der Waals surface area contributed by atoms with Crippen molar-refractivity contribution < 1.29 is 9.84 Å². The summed E-state index contributed by atoms with van der Waals surface area (Å²) in [5.41, 5.74) is 4.06. The molecule has 0 bridgehead atoms. The molecule has 5 heteroatoms. The van der Waals surface area contributed by atoms with Crippen LogP contribution in [0.2, 0.25) is 0 Å². The molecule has 1 fully saturated rings. The molecular formula is C19H21N3O2. The van der Waals surface area contributed by atoms with Crippen LogP contribution < -0.4 is 4.74 Å². The van der Waals surface area contributed by atoms with Crippen molar-refractivity contribution in [1.29, 1.82) is 0 Å². The molecule has 1 aromatic carbocycles. The molecule has 0 unspecified atom stereocenters. The fourth-order valence-corrected chi connectivity index (χ4v) is 3.25. The fourth-order valence-electron chi connectivity index (χ4n) is 3.25. The Labute approximate surface area is 140 Å². The molecule has 0 atom stereocenters. The quantitative estimate of drug-likeness (QED) is 0.802. The molecule has 3 aromatic rings. The van der Waals surface area contributed by atoms with Gasteiger partial charge in [-0.05, 0) is 44.7 Å². The summed E-state index contributed by atoms with van der Waals surface area (Å²) in [6.45, 7) is 2.08. The summed E-state index contributed by atoms with van der Waals surface area (Å²) in [6, 6.07) is 12.1. The highest BCUT2D eigenvalue weighted by Gasteiger charge is 2.21. The number of ether oxygens (including phenoxy) is 1. The molecule has 0 radical (unpaired) electrons. The highest BCUT2D eigenvalue weighted by Crippen LogP contribution is 2.25. The van der Waals surface area contributed by atoms with Gasteiger partial charge in [0.05, 0.1) is 18.0 Å². The van der Waals surface area contributed by atoms with E-state index >= 15 is 0 Å². The van der Waals surface area contributed by atoms with E-state index in [1.807, 2.05) is 28.9 Å². The van der Waals surface area contributed by atoms with Gasteiger partial charge in [0, 0.05) is 11.6 Å². The first kappa shape index (κ1) is 15.1. The van der Waals surface area contributed by atoms with E-state index in [1.165, 1.54) is 5.56 Å². The summed E-state index contributed by atoms with van der Waals surface area (Å²) in [5, 5.41) is 14.2. The Bertz CT molecular complexity index is 851. The number of nitrogens with zero attached hydrogens (tertiary/aromatic N) is 3. The van der Waals surface area contributed by atoms with E-state index < -0.39 is 0 Å². The van der Waals surface area contributed by atoms with E-state index in [2.05, 4.69) is 35.2 Å². The summed E-state index contributed by atoms with van der Waals surface area (Å²) in [4.78, 5) is 4.43. The van der Waals surface area contributed by atoms with Gasteiger partial charge in [-0.25, -0.2) is 9.50 Å². The predicted octanol–water partition coefficient (Wildman–Crippen LogP) is 3.39. The van der Waals surface area contributed by atoms with Crippen LogP contribution in [0.4, 0.5) is 0 Å². The standard InChI is InChI=1S/C19H21N3O2/c1-13-3-2-4-14(11-13)17-12-20-18-9-10-19(21-22(17)18)24-16-7-5-15(23)6-8-16/h2-4,9-12,15-16,23H,5-8H2,1H3/t15-,16-. The van der Waals surface area contributed by atoms with Crippen LogP contribution in [0.3, 0.4) is 0 Å². The molecule has 1 saturated carbocycles. The first-order valence-corrected chi connectivity index (χ1v) is 8.45. The zero-order chi connectivity index (χ0) is 16.5. The number of hydrogen-bond acceptors (Lipinski definition) is 4. The highest BCUT2D eigenvalue weighted by molar-refractivity contribution is 5.63. The van der Waals surface area contributed by atoms with Crippen LogP contribution in [-0.4, -0.2) is 31.9 Å². The lowest BCUT2D eigenvalue weighted by molar-refractivity contribution is 0.0637. The molecule has 1 aliphatic carbocycles. The van der Waals surface area contributed by atoms with E-state index in [9.17, 15) is 5.11 Å². The van der Waals surface area contributed by atoms with Crippen molar-refractivity contribution in [2.45, 2.75) is 44.8 Å². The second kappa shape index (κ2) is 6.24. The van der Waals surface area contributed by atoms with E-state index in [4.69, 9.17) is 4.74 Å². The van der Waals surface area contributed by atoms with Crippen LogP contribution in [0.25, 0.3) is 16.9 Å². The van der Waals surface area contributed by atoms with Crippen molar-refractivity contribution in [2.75, 3.05) is 0 Å². The van der Waals surface area contributed by atoms with Crippen molar-refractivity contribution in [3.63, 3.8) is 0 Å². The predicted molar refractivity (Wildman–Crippen MR) is 92.1 cm³/mol. The smallest absolute Gasteiger partial charge is 0.232 e. The molecule has 4 rings (SSSR count). The van der Waals surface area contributed by atoms with E-state index in [0.717, 1.165) is 42.6 Å². The third-order valence-corrected chi connectivity index (χ3v) is 4.58. The molecule has 5 nitrogen and oxygen atoms in total. The van der Waals surface area contributed by atoms with Crippen molar-refractivity contribution in [3.8, 4) is 17.1 Å². The van der Waals surface area contributed by atoms with E-state index in [-0.39, 0.29) is 12.2 Å². The van der Waals surface area contributed by atoms with Crippen molar-refractivity contribution in [2.24, 2.45) is 0 Å². The first-order valence-electron chi connectivity index (χ1n) is 8.45. The maximum atomic E-state index is 9.61. The van der Waals surface area contributed by atoms with Gasteiger partial charge >= 0.3 is 0 Å². The summed E-state index contributed by atoms with van der Waals surface area (Å²) in [5.74, 6) is 0.607. The van der Waals surface area contributed by atoms with E-state index in [1.54, 1.807) is 0 Å². The van der Waals surface area contributed by atoms with Crippen molar-refractivity contribution in [1.82, 2.24) is 14.6 Å². The molecule has 2 aromatic heterocycles. The lowest BCUT2D eigenvalue weighted by Gasteiger charge is -2.25. The maximum absolute atomic E-state index is 9.61. The molecule has 0 amide bonds. The number of aliphatic hydroxyl groups is 1. The minimum Gasteiger partial charge on any atom is -0.473 e. The van der Waals surface area contributed by atoms with Gasteiger partial charge in [0.1, 0.15) is 6.10 Å². The molecule has 2 heterocycles. The normalized spacial score (nSPS) is 21.1. The summed E-state index contributed by atoms with van der Waals surface area (Å²) in [6.07, 6.45) is 5.13. The number of benzene rings is 1. The van der Waals surface area contributed by atoms with Crippen molar-refractivity contribution >= 4 is 5.65 Å². The first-order chi connectivity index (χ1) is 11.7. The van der Waals surface area contributed by atoms with Gasteiger partial charge in [0.25, 0.3) is 0 Å². The number of aromatic nitrogens is 3. The van der Waals surface area contributed by atoms with Gasteiger partial charge < -0.3 is 9.84 Å². The average molecular weight is 323 g/mol. The fraction of sp³-hybridized carbons (Fsp3) is 0.368. The lowest BCUT2D eigenvalue weighted by atomic mass is 9.95. The molecule has 1 aliphatic rings. The van der Waals surface area contributed by atoms with Crippen LogP contribution in [0.1, 0.15) is 31.2 Å². The Morgan fingerprint density at radius 3 is 2.75 bits per heavy atom. The number of imidazole rings is 1. The number of aliphatic hydroxyl groups excluding tert-OH is 1. The topological polar surface area (TPSA) is 59.7 Å². The second-order valence-electron chi connectivity index (χ2n) is 6.50. The van der Waals surface area contributed by atoms with Crippen molar-refractivity contribution in [3.05, 3.63) is 48.2 Å². The number of fused-ring (bicyclic) bond motifs is 1. The maximum Gasteiger partial charge on any atom is 0.232 e. The van der Waals surface area contributed by atoms with Gasteiger partial charge in [-0.15, -0.1) is 5.10 Å². The monoisotopic (exact) mass is 323 g/mol. The van der Waals surface area contributed by atoms with Gasteiger partial charge in [-0.3, -0.25) is 0 Å². The molecule has 124 valence electrons. The average Bonchev–Trinajstić information content (AvgIpc) is 3.00. The minimum absolute atomic E-state index is 0.129. The van der Waals surface area contributed by atoms with Gasteiger partial charge in [0.2, 0.25) is 5.88 Å². The zero-order valence-electron chi connectivity index (χ0n) is 13.7. The third kappa shape index (κ3) is 2.99. The van der Waals surface area contributed by atoms with Crippen LogP contribution in [-0.2, 0) is 0 Å². The van der Waals surface area contributed by atoms with Crippen LogP contribution in [0, 0.1) is 6.92 Å². The Morgan fingerprint density at radius 1 is 1.12 bits per heavy atom. The van der Waals surface area contributed by atoms with Gasteiger partial charge in [-0.1, -0.05) is 23.8 Å². The van der Waals surface area contributed by atoms with Crippen LogP contribution in [0.5, 0.6) is 5.88 Å². The Morgan fingerprint density at radius 2 is 1.96 bits per heavy atom. The summed E-state index contributed by atoms with van der Waals surface area (Å²) >= 11 is 0. The number of rotatable bonds is 3. The largest absolute Gasteiger partial charge is 0.473 e. The van der Waals surface area contributed by atoms with Gasteiger partial charge in [0.15, 0.2) is 5.65 Å². The number of aryl methyl sites for hydroxylation is 1. The summed E-state index contributed by atoms with van der Waals surface area (Å²) in [7, 11) is 0. The summed E-state index contributed by atoms with van der Waals surface area (Å²) < 4.78 is 7.86. The SMILES string of the molecule is Cc1cccc(-c2cnc3ccc(O[C@H]4CC[C@H](O)CC4)nn23)c1. The number of hydrogen-bond donors (Lipinski definition) is 1. The Hall–Kier alpha value is -2.40. The molecule has 0 saturated heterocycles. The highest BCUT2D eigenvalue weighted by atomic mass is 16.5. The molecule has 1 N–H and O–H groups in total. The Balaban J connectivity index is 1.63. The lowest BCUT2D eigenvalue weighted by Crippen LogP contribution is -2.26. The second-order valence-corrected chi connectivity index (χ2v) is 6.50. The van der Waals surface area contributed by atoms with Crippen LogP contribution >= 0.6 is 0 Å². The van der Waals surface area contributed by atoms with E-state index in [0.29, 0.717) is 5.88 Å². The van der Waals surface area contributed by atoms with Gasteiger partial charge in [-0.2, -0.15) is 0 Å². The Kier molecular flexibility index (Phi) is 3.94. The molecule has 0 aliphatic heterocycles. The molecular weight excluding hydrogens is 302 g/mol. The molecule has 0 spiro atoms. The third-order valence-electron chi connectivity index (χ3n) is 4.58. The minimum atomic E-state index is -0.179. The zero-order valence-corrected chi connectivity index (χ0v) is 13.7. The molecule has 24 heavy (non-hydrogen) atoms.